The predicted octanol–water partition coefficient (Wildman–Crippen LogP) is 3.92. The lowest BCUT2D eigenvalue weighted by atomic mass is 10.2. The molecule has 0 aliphatic rings. The van der Waals surface area contributed by atoms with Gasteiger partial charge in [-0.05, 0) is 43.2 Å². The molecule has 0 saturated carbocycles. The van der Waals surface area contributed by atoms with Gasteiger partial charge in [-0.25, -0.2) is 4.79 Å². The summed E-state index contributed by atoms with van der Waals surface area (Å²) in [6, 6.07) is 11.7. The van der Waals surface area contributed by atoms with Gasteiger partial charge in [0.1, 0.15) is 5.75 Å². The van der Waals surface area contributed by atoms with Crippen molar-refractivity contribution in [1.29, 1.82) is 0 Å². The van der Waals surface area contributed by atoms with Gasteiger partial charge in [-0.15, -0.1) is 0 Å². The summed E-state index contributed by atoms with van der Waals surface area (Å²) in [5.74, 6) is 0.909. The Morgan fingerprint density at radius 2 is 1.69 bits per heavy atom. The van der Waals surface area contributed by atoms with Gasteiger partial charge in [0, 0.05) is 11.8 Å². The fourth-order valence-electron chi connectivity index (χ4n) is 2.42. The van der Waals surface area contributed by atoms with Crippen molar-refractivity contribution < 1.29 is 28.5 Å². The zero-order valence-corrected chi connectivity index (χ0v) is 17.4. The highest BCUT2D eigenvalue weighted by atomic mass is 16.5. The number of carbonyl (C=O) groups excluding carboxylic acids is 2. The molecule has 0 fully saturated rings. The molecule has 0 aliphatic heterocycles. The van der Waals surface area contributed by atoms with E-state index in [1.54, 1.807) is 42.5 Å². The van der Waals surface area contributed by atoms with Gasteiger partial charge < -0.3 is 24.3 Å². The number of hydrogen-bond donors (Lipinski definition) is 1. The van der Waals surface area contributed by atoms with Crippen LogP contribution in [0.15, 0.2) is 42.5 Å². The number of ether oxygens (including phenoxy) is 4. The van der Waals surface area contributed by atoms with Gasteiger partial charge in [-0.3, -0.25) is 4.79 Å². The molecular weight excluding hydrogens is 374 g/mol. The molecule has 1 atom stereocenters. The Bertz CT molecular complexity index is 849. The fraction of sp³-hybridized carbons (Fsp3) is 0.364. The van der Waals surface area contributed by atoms with Crippen LogP contribution < -0.4 is 19.5 Å². The molecule has 2 aromatic carbocycles. The van der Waals surface area contributed by atoms with Crippen molar-refractivity contribution in [2.75, 3.05) is 26.1 Å². The van der Waals surface area contributed by atoms with E-state index in [1.807, 2.05) is 13.8 Å². The molecule has 29 heavy (non-hydrogen) atoms. The second-order valence-corrected chi connectivity index (χ2v) is 6.84. The standard InChI is InChI=1S/C22H27NO6/c1-14(2)13-28-18-8-6-7-16(11-18)22(25)29-15(3)21(24)23-17-9-10-19(26-4)20(12-17)27-5/h6-12,14-15H,13H2,1-5H3,(H,23,24)/t15-/m1/s1. The Hall–Kier alpha value is -3.22. The zero-order valence-electron chi connectivity index (χ0n) is 17.4. The quantitative estimate of drug-likeness (QED) is 0.641. The molecule has 1 N–H and O–H groups in total. The van der Waals surface area contributed by atoms with E-state index in [2.05, 4.69) is 5.32 Å². The first-order valence-electron chi connectivity index (χ1n) is 9.30. The van der Waals surface area contributed by atoms with Crippen molar-refractivity contribution in [2.45, 2.75) is 26.9 Å². The summed E-state index contributed by atoms with van der Waals surface area (Å²) in [5.41, 5.74) is 0.816. The number of carbonyl (C=O) groups is 2. The molecule has 0 heterocycles. The average Bonchev–Trinajstić information content (AvgIpc) is 2.72. The average molecular weight is 401 g/mol. The molecule has 156 valence electrons. The second kappa shape index (κ2) is 10.4. The Labute approximate surface area is 170 Å². The SMILES string of the molecule is COc1ccc(NC(=O)[C@@H](C)OC(=O)c2cccc(OCC(C)C)c2)cc1OC. The van der Waals surface area contributed by atoms with Gasteiger partial charge in [-0.1, -0.05) is 19.9 Å². The topological polar surface area (TPSA) is 83.1 Å². The summed E-state index contributed by atoms with van der Waals surface area (Å²) < 4.78 is 21.3. The van der Waals surface area contributed by atoms with Gasteiger partial charge in [-0.2, -0.15) is 0 Å². The van der Waals surface area contributed by atoms with Crippen LogP contribution in [0.2, 0.25) is 0 Å². The predicted molar refractivity (Wildman–Crippen MR) is 110 cm³/mol. The van der Waals surface area contributed by atoms with Crippen molar-refractivity contribution in [3.8, 4) is 17.2 Å². The molecular formula is C22H27NO6. The lowest BCUT2D eigenvalue weighted by Crippen LogP contribution is -2.30. The third-order valence-corrected chi connectivity index (χ3v) is 3.96. The number of hydrogen-bond acceptors (Lipinski definition) is 6. The molecule has 0 spiro atoms. The third-order valence-electron chi connectivity index (χ3n) is 3.96. The first kappa shape index (κ1) is 22.1. The Morgan fingerprint density at radius 3 is 2.34 bits per heavy atom. The number of anilines is 1. The van der Waals surface area contributed by atoms with Crippen LogP contribution in [0.5, 0.6) is 17.2 Å². The number of esters is 1. The minimum atomic E-state index is -0.990. The van der Waals surface area contributed by atoms with Crippen LogP contribution in [-0.4, -0.2) is 38.8 Å². The lowest BCUT2D eigenvalue weighted by molar-refractivity contribution is -0.123. The van der Waals surface area contributed by atoms with E-state index in [-0.39, 0.29) is 0 Å². The van der Waals surface area contributed by atoms with E-state index < -0.39 is 18.0 Å². The van der Waals surface area contributed by atoms with Crippen LogP contribution in [0.1, 0.15) is 31.1 Å². The summed E-state index contributed by atoms with van der Waals surface area (Å²) in [4.78, 5) is 24.8. The number of rotatable bonds is 9. The maximum Gasteiger partial charge on any atom is 0.339 e. The molecule has 2 aromatic rings. The molecule has 0 saturated heterocycles. The number of amides is 1. The van der Waals surface area contributed by atoms with Crippen molar-refractivity contribution in [2.24, 2.45) is 5.92 Å². The van der Waals surface area contributed by atoms with Crippen LogP contribution >= 0.6 is 0 Å². The summed E-state index contributed by atoms with van der Waals surface area (Å²) in [6.45, 7) is 6.13. The number of nitrogens with one attached hydrogen (secondary N) is 1. The van der Waals surface area contributed by atoms with Crippen molar-refractivity contribution in [3.63, 3.8) is 0 Å². The minimum Gasteiger partial charge on any atom is -0.493 e. The molecule has 2 rings (SSSR count). The molecule has 7 nitrogen and oxygen atoms in total. The van der Waals surface area contributed by atoms with Gasteiger partial charge in [0.2, 0.25) is 0 Å². The van der Waals surface area contributed by atoms with Gasteiger partial charge in [0.15, 0.2) is 17.6 Å². The lowest BCUT2D eigenvalue weighted by Gasteiger charge is -2.15. The largest absolute Gasteiger partial charge is 0.493 e. The first-order chi connectivity index (χ1) is 13.8. The van der Waals surface area contributed by atoms with Crippen LogP contribution in [0.4, 0.5) is 5.69 Å². The summed E-state index contributed by atoms with van der Waals surface area (Å²) in [7, 11) is 3.04. The highest BCUT2D eigenvalue weighted by Gasteiger charge is 2.20. The minimum absolute atomic E-state index is 0.317. The molecule has 0 radical (unpaired) electrons. The Morgan fingerprint density at radius 1 is 0.966 bits per heavy atom. The second-order valence-electron chi connectivity index (χ2n) is 6.84. The highest BCUT2D eigenvalue weighted by molar-refractivity contribution is 5.97. The first-order valence-corrected chi connectivity index (χ1v) is 9.30. The fourth-order valence-corrected chi connectivity index (χ4v) is 2.42. The van der Waals surface area contributed by atoms with E-state index in [4.69, 9.17) is 18.9 Å². The monoisotopic (exact) mass is 401 g/mol. The van der Waals surface area contributed by atoms with Crippen LogP contribution in [0.25, 0.3) is 0 Å². The number of methoxy groups -OCH3 is 2. The molecule has 0 unspecified atom stereocenters. The van der Waals surface area contributed by atoms with E-state index in [9.17, 15) is 9.59 Å². The zero-order chi connectivity index (χ0) is 21.4. The van der Waals surface area contributed by atoms with E-state index >= 15 is 0 Å². The summed E-state index contributed by atoms with van der Waals surface area (Å²) in [6.07, 6.45) is -0.990. The summed E-state index contributed by atoms with van der Waals surface area (Å²) >= 11 is 0. The van der Waals surface area contributed by atoms with Crippen molar-refractivity contribution >= 4 is 17.6 Å². The van der Waals surface area contributed by atoms with Crippen molar-refractivity contribution in [3.05, 3.63) is 48.0 Å². The van der Waals surface area contributed by atoms with Crippen molar-refractivity contribution in [1.82, 2.24) is 0 Å². The van der Waals surface area contributed by atoms with E-state index in [1.165, 1.54) is 21.1 Å². The van der Waals surface area contributed by atoms with Gasteiger partial charge in [0.25, 0.3) is 5.91 Å². The molecule has 0 aromatic heterocycles. The maximum absolute atomic E-state index is 12.4. The van der Waals surface area contributed by atoms with E-state index in [0.717, 1.165) is 0 Å². The maximum atomic E-state index is 12.4. The molecule has 7 heteroatoms. The molecule has 0 bridgehead atoms. The normalized spacial score (nSPS) is 11.5. The van der Waals surface area contributed by atoms with Crippen LogP contribution in [0, 0.1) is 5.92 Å². The van der Waals surface area contributed by atoms with Gasteiger partial charge in [0.05, 0.1) is 26.4 Å². The highest BCUT2D eigenvalue weighted by Crippen LogP contribution is 2.29. The van der Waals surface area contributed by atoms with Crippen LogP contribution in [-0.2, 0) is 9.53 Å². The third kappa shape index (κ3) is 6.41. The van der Waals surface area contributed by atoms with E-state index in [0.29, 0.717) is 41.0 Å². The van der Waals surface area contributed by atoms with Crippen LogP contribution in [0.3, 0.4) is 0 Å². The van der Waals surface area contributed by atoms with Gasteiger partial charge >= 0.3 is 5.97 Å². The number of benzene rings is 2. The Kier molecular flexibility index (Phi) is 7.88. The smallest absolute Gasteiger partial charge is 0.339 e. The summed E-state index contributed by atoms with van der Waals surface area (Å²) in [5, 5.41) is 2.69. The molecule has 0 aliphatic carbocycles. The molecule has 1 amide bonds. The Balaban J connectivity index is 1.98.